The van der Waals surface area contributed by atoms with Crippen LogP contribution in [0.4, 0.5) is 28.0 Å². The molecule has 1 aliphatic rings. The number of cyclic esters (lactones) is 1. The van der Waals surface area contributed by atoms with Crippen LogP contribution in [0.3, 0.4) is 0 Å². The first kappa shape index (κ1) is 27.8. The highest BCUT2D eigenvalue weighted by Gasteiger charge is 2.38. The number of hydrogen-bond donors (Lipinski definition) is 3. The second kappa shape index (κ2) is 10.5. The SMILES string of the molecule is CC(=O)NC[C@H]1CN(c2ccc(-c3ccc(C(c4nccc(C(F)(F)F)n4)[N+]([O-])(O)O)cc3)c(F)c2)C(=O)O1. The van der Waals surface area contributed by atoms with Gasteiger partial charge in [-0.25, -0.2) is 19.2 Å². The number of alkyl halides is 3. The molecular weight excluding hydrogens is 530 g/mol. The summed E-state index contributed by atoms with van der Waals surface area (Å²) in [5, 5.41) is 34.0. The number of hydroxylamine groups is 3. The third-order valence-electron chi connectivity index (χ3n) is 5.80. The molecule has 0 bridgehead atoms. The van der Waals surface area contributed by atoms with E-state index in [4.69, 9.17) is 4.74 Å². The number of aromatic nitrogens is 2. The number of carbonyl (C=O) groups excluding carboxylic acids is 2. The fourth-order valence-electron chi connectivity index (χ4n) is 4.00. The van der Waals surface area contributed by atoms with Gasteiger partial charge in [0.05, 0.1) is 18.8 Å². The lowest BCUT2D eigenvalue weighted by Crippen LogP contribution is -2.40. The van der Waals surface area contributed by atoms with Crippen molar-refractivity contribution in [2.75, 3.05) is 18.0 Å². The van der Waals surface area contributed by atoms with Crippen LogP contribution in [-0.2, 0) is 15.7 Å². The van der Waals surface area contributed by atoms with Crippen molar-refractivity contribution in [1.29, 1.82) is 0 Å². The predicted octanol–water partition coefficient (Wildman–Crippen LogP) is 3.95. The van der Waals surface area contributed by atoms with E-state index in [1.54, 1.807) is 0 Å². The van der Waals surface area contributed by atoms with Gasteiger partial charge in [-0.05, 0) is 29.8 Å². The lowest BCUT2D eigenvalue weighted by Gasteiger charge is -2.31. The molecule has 2 aromatic carbocycles. The van der Waals surface area contributed by atoms with Crippen LogP contribution in [0.1, 0.15) is 30.0 Å². The molecule has 0 radical (unpaired) electrons. The maximum absolute atomic E-state index is 15.0. The molecule has 1 aromatic heterocycles. The first-order valence-electron chi connectivity index (χ1n) is 11.3. The smallest absolute Gasteiger partial charge is 0.433 e. The number of amides is 2. The van der Waals surface area contributed by atoms with Crippen LogP contribution < -0.4 is 10.2 Å². The van der Waals surface area contributed by atoms with Gasteiger partial charge < -0.3 is 15.3 Å². The van der Waals surface area contributed by atoms with E-state index in [1.165, 1.54) is 48.2 Å². The standard InChI is InChI=1S/C24H21F4N5O6/c1-13(34)30-11-17-12-32(23(35)39-17)16-6-7-18(19(25)10-16)14-2-4-15(5-3-14)21(33(36,37)38)22-29-9-8-20(31-22)24(26,27)28/h2-10,17,21,36-37H,11-12H2,1H3,(H,30,34)/t17-,21?/m0/s1. The Balaban J connectivity index is 1.57. The Hall–Kier alpha value is -4.18. The fraction of sp³-hybridized carbons (Fsp3) is 0.250. The summed E-state index contributed by atoms with van der Waals surface area (Å²) in [6.45, 7) is 1.50. The van der Waals surface area contributed by atoms with E-state index in [1.807, 2.05) is 0 Å². The van der Waals surface area contributed by atoms with Gasteiger partial charge in [-0.15, -0.1) is 0 Å². The number of rotatable bonds is 7. The Morgan fingerprint density at radius 3 is 2.51 bits per heavy atom. The molecule has 15 heteroatoms. The molecule has 1 aliphatic heterocycles. The molecule has 0 saturated carbocycles. The summed E-state index contributed by atoms with van der Waals surface area (Å²) in [6.07, 6.45) is -5.46. The molecule has 206 valence electrons. The molecule has 2 amide bonds. The van der Waals surface area contributed by atoms with Crippen molar-refractivity contribution < 1.29 is 47.3 Å². The topological polar surface area (TPSA) is 148 Å². The molecule has 3 aromatic rings. The molecule has 1 unspecified atom stereocenters. The monoisotopic (exact) mass is 551 g/mol. The zero-order chi connectivity index (χ0) is 28.5. The van der Waals surface area contributed by atoms with E-state index in [2.05, 4.69) is 15.3 Å². The quantitative estimate of drug-likeness (QED) is 0.227. The molecule has 39 heavy (non-hydrogen) atoms. The van der Waals surface area contributed by atoms with Crippen molar-refractivity contribution in [3.05, 3.63) is 82.8 Å². The summed E-state index contributed by atoms with van der Waals surface area (Å²) in [5.74, 6) is -1.81. The van der Waals surface area contributed by atoms with Crippen molar-refractivity contribution in [3.63, 3.8) is 0 Å². The Morgan fingerprint density at radius 2 is 1.92 bits per heavy atom. The summed E-state index contributed by atoms with van der Waals surface area (Å²) in [7, 11) is 0. The second-order valence-electron chi connectivity index (χ2n) is 8.63. The maximum Gasteiger partial charge on any atom is 0.433 e. The van der Waals surface area contributed by atoms with E-state index in [9.17, 15) is 38.4 Å². The Bertz CT molecular complexity index is 1380. The van der Waals surface area contributed by atoms with Gasteiger partial charge in [0, 0.05) is 24.2 Å². The van der Waals surface area contributed by atoms with Crippen LogP contribution in [0.15, 0.2) is 54.7 Å². The highest BCUT2D eigenvalue weighted by Crippen LogP contribution is 2.34. The molecule has 2 atom stereocenters. The maximum atomic E-state index is 15.0. The largest absolute Gasteiger partial charge is 0.564 e. The van der Waals surface area contributed by atoms with E-state index in [0.717, 1.165) is 12.3 Å². The van der Waals surface area contributed by atoms with Crippen LogP contribution in [0.25, 0.3) is 11.1 Å². The summed E-state index contributed by atoms with van der Waals surface area (Å²) in [6, 6.07) is 7.48. The van der Waals surface area contributed by atoms with Crippen LogP contribution in [0, 0.1) is 11.0 Å². The fourth-order valence-corrected chi connectivity index (χ4v) is 4.00. The Labute approximate surface area is 218 Å². The molecule has 3 N–H and O–H groups in total. The van der Waals surface area contributed by atoms with Gasteiger partial charge in [0.2, 0.25) is 11.9 Å². The Morgan fingerprint density at radius 1 is 1.23 bits per heavy atom. The highest BCUT2D eigenvalue weighted by atomic mass is 19.4. The van der Waals surface area contributed by atoms with E-state index in [0.29, 0.717) is 6.07 Å². The number of hydrogen-bond acceptors (Lipinski definition) is 8. The molecular formula is C24H21F4N5O6. The van der Waals surface area contributed by atoms with Crippen LogP contribution >= 0.6 is 0 Å². The average Bonchev–Trinajstić information content (AvgIpc) is 3.22. The molecule has 11 nitrogen and oxygen atoms in total. The van der Waals surface area contributed by atoms with Crippen molar-refractivity contribution in [1.82, 2.24) is 15.3 Å². The van der Waals surface area contributed by atoms with E-state index >= 15 is 4.39 Å². The normalized spacial score (nSPS) is 16.7. The third kappa shape index (κ3) is 6.28. The number of carbonyl (C=O) groups is 2. The zero-order valence-electron chi connectivity index (χ0n) is 20.1. The first-order valence-corrected chi connectivity index (χ1v) is 11.3. The Kier molecular flexibility index (Phi) is 7.52. The molecule has 1 fully saturated rings. The molecule has 1 saturated heterocycles. The van der Waals surface area contributed by atoms with Gasteiger partial charge in [-0.2, -0.15) is 23.6 Å². The van der Waals surface area contributed by atoms with Gasteiger partial charge in [0.15, 0.2) is 5.82 Å². The summed E-state index contributed by atoms with van der Waals surface area (Å²) >= 11 is 0. The van der Waals surface area contributed by atoms with Gasteiger partial charge in [0.1, 0.15) is 17.6 Å². The zero-order valence-corrected chi connectivity index (χ0v) is 20.1. The highest BCUT2D eigenvalue weighted by molar-refractivity contribution is 5.90. The van der Waals surface area contributed by atoms with E-state index < -0.39 is 46.7 Å². The summed E-state index contributed by atoms with van der Waals surface area (Å²) in [5.41, 5.74) is -0.971. The minimum Gasteiger partial charge on any atom is -0.564 e. The number of benzene rings is 2. The van der Waals surface area contributed by atoms with Crippen molar-refractivity contribution in [2.45, 2.75) is 25.2 Å². The number of quaternary nitrogens is 1. The number of nitrogens with zero attached hydrogens (tertiary/aromatic N) is 4. The van der Waals surface area contributed by atoms with Crippen LogP contribution in [0.5, 0.6) is 0 Å². The molecule has 0 spiro atoms. The minimum absolute atomic E-state index is 0.0791. The average molecular weight is 551 g/mol. The van der Waals surface area contributed by atoms with Gasteiger partial charge >= 0.3 is 12.3 Å². The van der Waals surface area contributed by atoms with Gasteiger partial charge in [-0.1, -0.05) is 29.2 Å². The van der Waals surface area contributed by atoms with Crippen LogP contribution in [0.2, 0.25) is 0 Å². The summed E-state index contributed by atoms with van der Waals surface area (Å²) in [4.78, 5) is 28.3. The lowest BCUT2D eigenvalue weighted by atomic mass is 9.99. The molecule has 2 heterocycles. The molecule has 4 rings (SSSR count). The number of ether oxygens (including phenoxy) is 1. The van der Waals surface area contributed by atoms with Crippen molar-refractivity contribution in [3.8, 4) is 11.1 Å². The number of halogens is 4. The summed E-state index contributed by atoms with van der Waals surface area (Å²) < 4.78 is 59.4. The molecule has 0 aliphatic carbocycles. The van der Waals surface area contributed by atoms with Gasteiger partial charge in [0.25, 0.3) is 0 Å². The minimum atomic E-state index is -4.86. The predicted molar refractivity (Wildman–Crippen MR) is 124 cm³/mol. The third-order valence-corrected chi connectivity index (χ3v) is 5.80. The number of anilines is 1. The van der Waals surface area contributed by atoms with Crippen molar-refractivity contribution >= 4 is 17.7 Å². The van der Waals surface area contributed by atoms with E-state index in [-0.39, 0.29) is 41.4 Å². The second-order valence-corrected chi connectivity index (χ2v) is 8.63. The van der Waals surface area contributed by atoms with Crippen LogP contribution in [-0.4, -0.2) is 56.5 Å². The first-order chi connectivity index (χ1) is 18.2. The lowest BCUT2D eigenvalue weighted by molar-refractivity contribution is -1.23. The van der Waals surface area contributed by atoms with Gasteiger partial charge in [-0.3, -0.25) is 9.69 Å². The van der Waals surface area contributed by atoms with Crippen molar-refractivity contribution in [2.24, 2.45) is 0 Å². The number of nitrogens with one attached hydrogen (secondary N) is 1.